The zero-order valence-corrected chi connectivity index (χ0v) is 27.8. The minimum atomic E-state index is -0.135. The summed E-state index contributed by atoms with van der Waals surface area (Å²) in [6.45, 7) is 2.54. The SMILES string of the molecule is CC(=O)c1cc(Br)ccc1O.O=C1CC(C2COc3ccccc3C2)Oc2ccc(Br)cc21.O=CC1COc2ccccc2C1. The van der Waals surface area contributed by atoms with Crippen LogP contribution in [0.1, 0.15) is 45.2 Å². The molecular weight excluding hydrogens is 704 g/mol. The van der Waals surface area contributed by atoms with Crippen LogP contribution in [0, 0.1) is 11.8 Å². The molecule has 4 aromatic carbocycles. The number of Topliss-reactive ketones (excluding diaryl/α,β-unsaturated/α-hetero) is 2. The molecule has 3 atom stereocenters. The van der Waals surface area contributed by atoms with E-state index in [9.17, 15) is 14.4 Å². The molecule has 0 aliphatic carbocycles. The third-order valence-electron chi connectivity index (χ3n) is 7.78. The van der Waals surface area contributed by atoms with E-state index in [4.69, 9.17) is 19.3 Å². The summed E-state index contributed by atoms with van der Waals surface area (Å²) >= 11 is 6.60. The highest BCUT2D eigenvalue weighted by Gasteiger charge is 2.35. The van der Waals surface area contributed by atoms with E-state index in [1.807, 2.05) is 60.7 Å². The summed E-state index contributed by atoms with van der Waals surface area (Å²) in [5.74, 6) is 2.84. The highest BCUT2D eigenvalue weighted by atomic mass is 79.9. The summed E-state index contributed by atoms with van der Waals surface area (Å²) in [6.07, 6.45) is 2.98. The van der Waals surface area contributed by atoms with Crippen molar-refractivity contribution >= 4 is 49.7 Å². The molecule has 7 nitrogen and oxygen atoms in total. The first-order valence-electron chi connectivity index (χ1n) is 14.6. The number of carbonyl (C=O) groups is 3. The molecule has 0 saturated carbocycles. The lowest BCUT2D eigenvalue weighted by Gasteiger charge is -2.34. The molecular formula is C36H32Br2O7. The first-order chi connectivity index (χ1) is 21.7. The number of aldehydes is 1. The van der Waals surface area contributed by atoms with E-state index in [1.54, 1.807) is 12.1 Å². The highest BCUT2D eigenvalue weighted by molar-refractivity contribution is 9.10. The molecule has 0 saturated heterocycles. The lowest BCUT2D eigenvalue weighted by molar-refractivity contribution is -0.112. The van der Waals surface area contributed by atoms with E-state index in [-0.39, 0.29) is 35.3 Å². The molecule has 3 heterocycles. The second-order valence-corrected chi connectivity index (χ2v) is 12.9. The van der Waals surface area contributed by atoms with Crippen LogP contribution in [-0.4, -0.2) is 42.3 Å². The molecule has 0 bridgehead atoms. The Morgan fingerprint density at radius 2 is 1.42 bits per heavy atom. The molecule has 1 N–H and O–H groups in total. The molecule has 0 fully saturated rings. The first-order valence-corrected chi connectivity index (χ1v) is 16.2. The number of carbonyl (C=O) groups excluding carboxylic acids is 3. The minimum absolute atomic E-state index is 0.0284. The first kappa shape index (κ1) is 32.4. The van der Waals surface area contributed by atoms with Crippen molar-refractivity contribution in [3.8, 4) is 23.0 Å². The Morgan fingerprint density at radius 3 is 2.09 bits per heavy atom. The van der Waals surface area contributed by atoms with Gasteiger partial charge in [-0.2, -0.15) is 0 Å². The topological polar surface area (TPSA) is 99.1 Å². The number of ketones is 2. The van der Waals surface area contributed by atoms with Gasteiger partial charge in [0.25, 0.3) is 0 Å². The van der Waals surface area contributed by atoms with Gasteiger partial charge in [-0.15, -0.1) is 0 Å². The van der Waals surface area contributed by atoms with E-state index in [0.29, 0.717) is 36.5 Å². The Kier molecular flexibility index (Phi) is 10.7. The zero-order chi connectivity index (χ0) is 31.9. The van der Waals surface area contributed by atoms with Crippen LogP contribution in [0.2, 0.25) is 0 Å². The zero-order valence-electron chi connectivity index (χ0n) is 24.6. The largest absolute Gasteiger partial charge is 0.507 e. The Bertz CT molecular complexity index is 1700. The molecule has 7 rings (SSSR count). The number of phenols is 1. The summed E-state index contributed by atoms with van der Waals surface area (Å²) in [5, 5.41) is 9.16. The number of hydrogen-bond acceptors (Lipinski definition) is 7. The van der Waals surface area contributed by atoms with Gasteiger partial charge in [0.05, 0.1) is 30.3 Å². The number of rotatable bonds is 3. The summed E-state index contributed by atoms with van der Waals surface area (Å²) in [6, 6.07) is 26.3. The summed E-state index contributed by atoms with van der Waals surface area (Å²) in [7, 11) is 0. The van der Waals surface area contributed by atoms with Gasteiger partial charge < -0.3 is 24.1 Å². The fraction of sp³-hybridized carbons (Fsp3) is 0.250. The molecule has 45 heavy (non-hydrogen) atoms. The van der Waals surface area contributed by atoms with Gasteiger partial charge in [0.1, 0.15) is 35.4 Å². The number of phenolic OH excluding ortho intramolecular Hbond substituents is 1. The predicted octanol–water partition coefficient (Wildman–Crippen LogP) is 7.83. The Balaban J connectivity index is 0.000000147. The maximum atomic E-state index is 12.4. The average molecular weight is 736 g/mol. The number of aromatic hydroxyl groups is 1. The lowest BCUT2D eigenvalue weighted by Crippen LogP contribution is -2.39. The smallest absolute Gasteiger partial charge is 0.170 e. The molecule has 0 radical (unpaired) electrons. The molecule has 9 heteroatoms. The van der Waals surface area contributed by atoms with E-state index < -0.39 is 0 Å². The van der Waals surface area contributed by atoms with Gasteiger partial charge in [-0.25, -0.2) is 0 Å². The molecule has 3 aliphatic rings. The van der Waals surface area contributed by atoms with Crippen LogP contribution in [0.5, 0.6) is 23.0 Å². The van der Waals surface area contributed by atoms with Gasteiger partial charge in [-0.3, -0.25) is 9.59 Å². The van der Waals surface area contributed by atoms with Crippen LogP contribution in [0.4, 0.5) is 0 Å². The van der Waals surface area contributed by atoms with E-state index in [0.717, 1.165) is 45.1 Å². The summed E-state index contributed by atoms with van der Waals surface area (Å²) in [4.78, 5) is 33.7. The van der Waals surface area contributed by atoms with Gasteiger partial charge in [-0.1, -0.05) is 68.3 Å². The minimum Gasteiger partial charge on any atom is -0.507 e. The van der Waals surface area contributed by atoms with Gasteiger partial charge in [0.15, 0.2) is 11.6 Å². The van der Waals surface area contributed by atoms with Crippen molar-refractivity contribution in [1.29, 1.82) is 0 Å². The Labute approximate surface area is 278 Å². The third kappa shape index (κ3) is 8.21. The number of hydrogen-bond donors (Lipinski definition) is 1. The summed E-state index contributed by atoms with van der Waals surface area (Å²) in [5.41, 5.74) is 3.35. The van der Waals surface area contributed by atoms with Crippen molar-refractivity contribution in [1.82, 2.24) is 0 Å². The van der Waals surface area contributed by atoms with Crippen LogP contribution in [0.15, 0.2) is 93.9 Å². The van der Waals surface area contributed by atoms with Gasteiger partial charge in [0, 0.05) is 21.3 Å². The molecule has 4 aromatic rings. The molecule has 0 spiro atoms. The van der Waals surface area contributed by atoms with Crippen molar-refractivity contribution in [2.75, 3.05) is 13.2 Å². The number of ether oxygens (including phenoxy) is 3. The third-order valence-corrected chi connectivity index (χ3v) is 8.76. The Hall–Kier alpha value is -3.95. The van der Waals surface area contributed by atoms with Crippen LogP contribution < -0.4 is 14.2 Å². The fourth-order valence-corrected chi connectivity index (χ4v) is 6.12. The Morgan fingerprint density at radius 1 is 0.800 bits per heavy atom. The molecule has 0 aromatic heterocycles. The molecule has 3 aliphatic heterocycles. The number of fused-ring (bicyclic) bond motifs is 3. The highest BCUT2D eigenvalue weighted by Crippen LogP contribution is 2.36. The second-order valence-electron chi connectivity index (χ2n) is 11.0. The predicted molar refractivity (Wildman–Crippen MR) is 178 cm³/mol. The van der Waals surface area contributed by atoms with Crippen LogP contribution >= 0.6 is 31.9 Å². The number of para-hydroxylation sites is 2. The summed E-state index contributed by atoms with van der Waals surface area (Å²) < 4.78 is 19.0. The van der Waals surface area contributed by atoms with E-state index in [2.05, 4.69) is 37.9 Å². The van der Waals surface area contributed by atoms with Crippen LogP contribution in [0.25, 0.3) is 0 Å². The number of benzene rings is 4. The van der Waals surface area contributed by atoms with Crippen molar-refractivity contribution in [3.05, 3.63) is 116 Å². The van der Waals surface area contributed by atoms with Crippen molar-refractivity contribution in [2.45, 2.75) is 32.3 Å². The van der Waals surface area contributed by atoms with Crippen molar-refractivity contribution in [2.24, 2.45) is 11.8 Å². The fourth-order valence-electron chi connectivity index (χ4n) is 5.40. The molecule has 0 amide bonds. The van der Waals surface area contributed by atoms with Crippen LogP contribution in [-0.2, 0) is 17.6 Å². The maximum absolute atomic E-state index is 12.4. The monoisotopic (exact) mass is 734 g/mol. The normalized spacial score (nSPS) is 19.2. The van der Waals surface area contributed by atoms with Gasteiger partial charge in [-0.05, 0) is 79.4 Å². The van der Waals surface area contributed by atoms with Gasteiger partial charge in [0.2, 0.25) is 0 Å². The molecule has 3 unspecified atom stereocenters. The van der Waals surface area contributed by atoms with E-state index >= 15 is 0 Å². The van der Waals surface area contributed by atoms with Crippen molar-refractivity contribution in [3.63, 3.8) is 0 Å². The van der Waals surface area contributed by atoms with Crippen molar-refractivity contribution < 1.29 is 33.7 Å². The maximum Gasteiger partial charge on any atom is 0.170 e. The lowest BCUT2D eigenvalue weighted by atomic mass is 9.87. The average Bonchev–Trinajstić information content (AvgIpc) is 3.06. The second kappa shape index (κ2) is 14.9. The molecule has 232 valence electrons. The number of halogens is 2. The van der Waals surface area contributed by atoms with E-state index in [1.165, 1.54) is 18.6 Å². The van der Waals surface area contributed by atoms with Crippen LogP contribution in [0.3, 0.4) is 0 Å². The quantitative estimate of drug-likeness (QED) is 0.169. The standard InChI is InChI=1S/C18H15BrO3.C10H10O2.C8H7BrO2/c19-13-5-6-17-14(8-13)15(20)9-18(22-17)12-7-11-3-1-2-4-16(11)21-10-12;11-6-8-5-9-3-1-2-4-10(9)12-7-8;1-5(10)7-4-6(9)2-3-8(7)11/h1-6,8,12,18H,7,9-10H2;1-4,6,8H,5,7H2;2-4,11H,1H3. The van der Waals surface area contributed by atoms with Gasteiger partial charge >= 0.3 is 0 Å².